The van der Waals surface area contributed by atoms with Gasteiger partial charge in [0, 0.05) is 24.9 Å². The number of alkyl halides is 2. The summed E-state index contributed by atoms with van der Waals surface area (Å²) in [4.78, 5) is 0. The molecule has 4 rings (SSSR count). The van der Waals surface area contributed by atoms with Crippen molar-refractivity contribution in [1.82, 2.24) is 4.31 Å². The second-order valence-corrected chi connectivity index (χ2v) is 11.4. The molecule has 8 heteroatoms. The van der Waals surface area contributed by atoms with Crippen LogP contribution in [0.5, 0.6) is 5.75 Å². The monoisotopic (exact) mass is 441 g/mol. The van der Waals surface area contributed by atoms with E-state index in [1.54, 1.807) is 19.1 Å². The normalized spacial score (nSPS) is 33.5. The van der Waals surface area contributed by atoms with Crippen LogP contribution < -0.4 is 4.18 Å². The molecular formula is C22H29F2NO4S. The molecule has 0 bridgehead atoms. The van der Waals surface area contributed by atoms with Crippen LogP contribution in [0.3, 0.4) is 0 Å². The number of allylic oxidation sites excluding steroid dienone is 2. The third kappa shape index (κ3) is 3.10. The molecule has 166 valence electrons. The SMILES string of the molecule is CN(C)S(=O)(=O)Oc1ccc2c(c1)CCC1=C2CC[C@]2(C)[C@H](O)C[C@](C)(C(F)F)[C@@H]12. The predicted octanol–water partition coefficient (Wildman–Crippen LogP) is 4.02. The highest BCUT2D eigenvalue weighted by molar-refractivity contribution is 7.84. The predicted molar refractivity (Wildman–Crippen MR) is 110 cm³/mol. The molecule has 0 spiro atoms. The van der Waals surface area contributed by atoms with Crippen molar-refractivity contribution in [2.45, 2.75) is 58.5 Å². The van der Waals surface area contributed by atoms with Gasteiger partial charge in [0.1, 0.15) is 5.75 Å². The van der Waals surface area contributed by atoms with E-state index < -0.39 is 33.7 Å². The lowest BCUT2D eigenvalue weighted by atomic mass is 9.57. The van der Waals surface area contributed by atoms with Crippen molar-refractivity contribution in [1.29, 1.82) is 0 Å². The number of aryl methyl sites for hydroxylation is 1. The van der Waals surface area contributed by atoms with Gasteiger partial charge in [-0.2, -0.15) is 12.7 Å². The summed E-state index contributed by atoms with van der Waals surface area (Å²) in [6.45, 7) is 3.57. The van der Waals surface area contributed by atoms with Gasteiger partial charge in [-0.1, -0.05) is 25.5 Å². The van der Waals surface area contributed by atoms with Crippen molar-refractivity contribution in [2.24, 2.45) is 16.7 Å². The van der Waals surface area contributed by atoms with Crippen molar-refractivity contribution < 1.29 is 26.5 Å². The highest BCUT2D eigenvalue weighted by Gasteiger charge is 2.63. The van der Waals surface area contributed by atoms with Gasteiger partial charge in [-0.05, 0) is 66.9 Å². The number of hydrogen-bond donors (Lipinski definition) is 1. The van der Waals surface area contributed by atoms with Crippen LogP contribution in [0.15, 0.2) is 23.8 Å². The van der Waals surface area contributed by atoms with Gasteiger partial charge in [0.25, 0.3) is 0 Å². The third-order valence-electron chi connectivity index (χ3n) is 7.58. The summed E-state index contributed by atoms with van der Waals surface area (Å²) in [5, 5.41) is 10.7. The summed E-state index contributed by atoms with van der Waals surface area (Å²) in [6, 6.07) is 5.21. The molecule has 0 saturated heterocycles. The standard InChI is InChI=1S/C22H29F2NO4S/c1-21-10-9-16-15-8-6-14(29-30(27,28)25(3)4)11-13(15)5-7-17(16)19(21)22(2,20(23)24)12-18(21)26/h6,8,11,18-20,26H,5,7,9-10,12H2,1-4H3/t18-,19+,21-,22+/m1/s1. The van der Waals surface area contributed by atoms with Crippen molar-refractivity contribution in [2.75, 3.05) is 14.1 Å². The largest absolute Gasteiger partial charge is 0.393 e. The van der Waals surface area contributed by atoms with E-state index in [0.717, 1.165) is 33.0 Å². The number of halogens is 2. The number of benzene rings is 1. The molecule has 0 aromatic heterocycles. The Morgan fingerprint density at radius 1 is 1.20 bits per heavy atom. The molecule has 1 saturated carbocycles. The minimum absolute atomic E-state index is 0.116. The zero-order valence-electron chi connectivity index (χ0n) is 17.8. The highest BCUT2D eigenvalue weighted by Crippen LogP contribution is 2.66. The molecule has 0 unspecified atom stereocenters. The van der Waals surface area contributed by atoms with Crippen LogP contribution >= 0.6 is 0 Å². The Balaban J connectivity index is 1.75. The molecule has 1 N–H and O–H groups in total. The maximum absolute atomic E-state index is 14.2. The van der Waals surface area contributed by atoms with E-state index in [1.165, 1.54) is 14.1 Å². The van der Waals surface area contributed by atoms with Crippen LogP contribution in [0.4, 0.5) is 8.78 Å². The molecule has 5 nitrogen and oxygen atoms in total. The molecule has 1 aromatic carbocycles. The van der Waals surface area contributed by atoms with Gasteiger partial charge in [-0.25, -0.2) is 8.78 Å². The number of fused-ring (bicyclic) bond motifs is 4. The van der Waals surface area contributed by atoms with Crippen molar-refractivity contribution in [3.63, 3.8) is 0 Å². The van der Waals surface area contributed by atoms with Gasteiger partial charge in [0.2, 0.25) is 6.43 Å². The van der Waals surface area contributed by atoms with Crippen molar-refractivity contribution >= 4 is 15.9 Å². The van der Waals surface area contributed by atoms with Crippen LogP contribution in [-0.2, 0) is 16.7 Å². The van der Waals surface area contributed by atoms with E-state index in [1.807, 2.05) is 13.0 Å². The Bertz CT molecular complexity index is 1010. The molecule has 3 aliphatic carbocycles. The topological polar surface area (TPSA) is 66.8 Å². The molecule has 0 aliphatic heterocycles. The first-order chi connectivity index (χ1) is 13.9. The molecule has 0 radical (unpaired) electrons. The minimum atomic E-state index is -3.84. The first kappa shape index (κ1) is 21.7. The maximum Gasteiger partial charge on any atom is 0.384 e. The van der Waals surface area contributed by atoms with E-state index in [9.17, 15) is 22.3 Å². The minimum Gasteiger partial charge on any atom is -0.393 e. The van der Waals surface area contributed by atoms with Gasteiger partial charge >= 0.3 is 10.3 Å². The Kier molecular flexibility index (Phi) is 5.07. The van der Waals surface area contributed by atoms with Gasteiger partial charge in [-0.15, -0.1) is 0 Å². The summed E-state index contributed by atoms with van der Waals surface area (Å²) < 4.78 is 58.5. The Hall–Kier alpha value is -1.51. The highest BCUT2D eigenvalue weighted by atomic mass is 32.2. The first-order valence-corrected chi connectivity index (χ1v) is 11.7. The van der Waals surface area contributed by atoms with Gasteiger partial charge in [-0.3, -0.25) is 0 Å². The molecule has 4 atom stereocenters. The Morgan fingerprint density at radius 2 is 1.90 bits per heavy atom. The quantitative estimate of drug-likeness (QED) is 0.766. The van der Waals surface area contributed by atoms with E-state index in [0.29, 0.717) is 19.3 Å². The lowest BCUT2D eigenvalue weighted by Gasteiger charge is -2.47. The molecule has 1 aromatic rings. The average molecular weight is 442 g/mol. The number of rotatable bonds is 4. The fourth-order valence-electron chi connectivity index (χ4n) is 5.96. The Morgan fingerprint density at radius 3 is 2.53 bits per heavy atom. The summed E-state index contributed by atoms with van der Waals surface area (Å²) in [6.07, 6.45) is -0.459. The van der Waals surface area contributed by atoms with E-state index in [-0.39, 0.29) is 18.1 Å². The maximum atomic E-state index is 14.2. The fraction of sp³-hybridized carbons (Fsp3) is 0.636. The zero-order valence-corrected chi connectivity index (χ0v) is 18.6. The van der Waals surface area contributed by atoms with Crippen LogP contribution in [0.25, 0.3) is 5.57 Å². The summed E-state index contributed by atoms with van der Waals surface area (Å²) in [5.41, 5.74) is 2.32. The molecule has 3 aliphatic rings. The van der Waals surface area contributed by atoms with Crippen LogP contribution in [0.2, 0.25) is 0 Å². The number of nitrogens with zero attached hydrogens (tertiary/aromatic N) is 1. The van der Waals surface area contributed by atoms with Crippen molar-refractivity contribution in [3.05, 3.63) is 34.9 Å². The lowest BCUT2D eigenvalue weighted by Crippen LogP contribution is -2.42. The smallest absolute Gasteiger partial charge is 0.384 e. The van der Waals surface area contributed by atoms with Gasteiger partial charge < -0.3 is 9.29 Å². The number of aliphatic hydroxyl groups excluding tert-OH is 1. The summed E-state index contributed by atoms with van der Waals surface area (Å²) in [7, 11) is -1.04. The lowest BCUT2D eigenvalue weighted by molar-refractivity contribution is -0.0300. The zero-order chi connectivity index (χ0) is 22.1. The third-order valence-corrected chi connectivity index (χ3v) is 8.87. The number of hydrogen-bond acceptors (Lipinski definition) is 4. The molecular weight excluding hydrogens is 412 g/mol. The van der Waals surface area contributed by atoms with Crippen LogP contribution in [0.1, 0.15) is 50.7 Å². The number of aliphatic hydroxyl groups is 1. The molecule has 0 heterocycles. The van der Waals surface area contributed by atoms with E-state index >= 15 is 0 Å². The molecule has 1 fully saturated rings. The second-order valence-electron chi connectivity index (χ2n) is 9.61. The average Bonchev–Trinajstić information content (AvgIpc) is 2.88. The Labute approximate surface area is 177 Å². The fourth-order valence-corrected chi connectivity index (χ4v) is 6.45. The van der Waals surface area contributed by atoms with Crippen LogP contribution in [-0.4, -0.2) is 44.5 Å². The van der Waals surface area contributed by atoms with Crippen molar-refractivity contribution in [3.8, 4) is 5.75 Å². The summed E-state index contributed by atoms with van der Waals surface area (Å²) >= 11 is 0. The molecule has 30 heavy (non-hydrogen) atoms. The summed E-state index contributed by atoms with van der Waals surface area (Å²) in [5.74, 6) is -0.109. The van der Waals surface area contributed by atoms with Gasteiger partial charge in [0.15, 0.2) is 0 Å². The molecule has 0 amide bonds. The van der Waals surface area contributed by atoms with E-state index in [2.05, 4.69) is 0 Å². The van der Waals surface area contributed by atoms with E-state index in [4.69, 9.17) is 4.18 Å². The second kappa shape index (κ2) is 7.00. The van der Waals surface area contributed by atoms with Crippen LogP contribution in [0, 0.1) is 16.7 Å². The first-order valence-electron chi connectivity index (χ1n) is 10.3. The van der Waals surface area contributed by atoms with Gasteiger partial charge in [0.05, 0.1) is 6.10 Å².